The summed E-state index contributed by atoms with van der Waals surface area (Å²) in [5, 5.41) is 4.38. The van der Waals surface area contributed by atoms with E-state index in [1.807, 2.05) is 55.5 Å². The van der Waals surface area contributed by atoms with E-state index in [1.54, 1.807) is 17.0 Å². The van der Waals surface area contributed by atoms with Crippen LogP contribution in [0.25, 0.3) is 5.69 Å². The highest BCUT2D eigenvalue weighted by molar-refractivity contribution is 5.97. The number of nitrogens with two attached hydrogens (primary N) is 1. The first-order valence-corrected chi connectivity index (χ1v) is 9.48. The van der Waals surface area contributed by atoms with Crippen molar-refractivity contribution in [2.75, 3.05) is 13.1 Å². The molecule has 1 fully saturated rings. The van der Waals surface area contributed by atoms with Crippen molar-refractivity contribution < 1.29 is 14.3 Å². The fraction of sp³-hybridized carbons (Fsp3) is 0.227. The number of carbonyl (C=O) groups excluding carboxylic acids is 2. The Kier molecular flexibility index (Phi) is 5.14. The summed E-state index contributed by atoms with van der Waals surface area (Å²) < 4.78 is 7.44. The molecule has 1 aliphatic heterocycles. The second-order valence-electron chi connectivity index (χ2n) is 7.08. The van der Waals surface area contributed by atoms with Gasteiger partial charge < -0.3 is 15.4 Å². The summed E-state index contributed by atoms with van der Waals surface area (Å²) in [6.07, 6.45) is -0.333. The van der Waals surface area contributed by atoms with Crippen LogP contribution in [0.5, 0.6) is 0 Å². The molecule has 0 aliphatic carbocycles. The van der Waals surface area contributed by atoms with E-state index in [9.17, 15) is 9.59 Å². The highest BCUT2D eigenvalue weighted by Gasteiger charge is 2.31. The molecule has 4 rings (SSSR count). The Morgan fingerprint density at radius 1 is 1.03 bits per heavy atom. The van der Waals surface area contributed by atoms with E-state index in [0.29, 0.717) is 18.8 Å². The quantitative estimate of drug-likeness (QED) is 0.741. The number of carbonyl (C=O) groups is 2. The normalized spacial score (nSPS) is 19.1. The van der Waals surface area contributed by atoms with E-state index in [1.165, 1.54) is 10.7 Å². The van der Waals surface area contributed by atoms with Gasteiger partial charge in [0.25, 0.3) is 11.8 Å². The maximum atomic E-state index is 13.2. The summed E-state index contributed by atoms with van der Waals surface area (Å²) >= 11 is 0. The maximum absolute atomic E-state index is 13.2. The van der Waals surface area contributed by atoms with Crippen molar-refractivity contribution in [1.29, 1.82) is 0 Å². The fourth-order valence-electron chi connectivity index (χ4n) is 3.56. The van der Waals surface area contributed by atoms with Gasteiger partial charge in [0.1, 0.15) is 11.8 Å². The third-order valence-corrected chi connectivity index (χ3v) is 4.90. The molecule has 1 saturated heterocycles. The zero-order valence-corrected chi connectivity index (χ0v) is 16.1. The first-order chi connectivity index (χ1) is 14.0. The number of hydrogen-bond acceptors (Lipinski definition) is 4. The van der Waals surface area contributed by atoms with Gasteiger partial charge in [0.05, 0.1) is 18.3 Å². The van der Waals surface area contributed by atoms with Crippen LogP contribution in [0.1, 0.15) is 39.6 Å². The number of nitrogens with zero attached hydrogens (tertiary/aromatic N) is 3. The topological polar surface area (TPSA) is 90.5 Å². The van der Waals surface area contributed by atoms with Crippen LogP contribution in [0.4, 0.5) is 0 Å². The van der Waals surface area contributed by atoms with E-state index in [0.717, 1.165) is 5.56 Å². The zero-order valence-electron chi connectivity index (χ0n) is 16.1. The Balaban J connectivity index is 1.63. The average Bonchev–Trinajstić information content (AvgIpc) is 3.20. The van der Waals surface area contributed by atoms with Gasteiger partial charge in [-0.05, 0) is 24.6 Å². The Bertz CT molecular complexity index is 1020. The number of morpholine rings is 1. The minimum absolute atomic E-state index is 0.121. The summed E-state index contributed by atoms with van der Waals surface area (Å²) in [6.45, 7) is 2.80. The molecule has 1 aliphatic rings. The Morgan fingerprint density at radius 2 is 1.69 bits per heavy atom. The van der Waals surface area contributed by atoms with Crippen LogP contribution in [-0.2, 0) is 4.74 Å². The molecule has 0 radical (unpaired) electrons. The fourth-order valence-corrected chi connectivity index (χ4v) is 3.56. The van der Waals surface area contributed by atoms with Gasteiger partial charge in [-0.2, -0.15) is 5.10 Å². The van der Waals surface area contributed by atoms with Crippen LogP contribution in [0.15, 0.2) is 66.7 Å². The minimum Gasteiger partial charge on any atom is -0.367 e. The summed E-state index contributed by atoms with van der Waals surface area (Å²) in [7, 11) is 0. The van der Waals surface area contributed by atoms with Crippen molar-refractivity contribution in [3.63, 3.8) is 0 Å². The van der Waals surface area contributed by atoms with E-state index >= 15 is 0 Å². The van der Waals surface area contributed by atoms with Crippen molar-refractivity contribution in [3.05, 3.63) is 83.7 Å². The molecule has 7 nitrogen and oxygen atoms in total. The summed E-state index contributed by atoms with van der Waals surface area (Å²) in [4.78, 5) is 26.8. The van der Waals surface area contributed by atoms with Gasteiger partial charge in [0.15, 0.2) is 5.69 Å². The van der Waals surface area contributed by atoms with Gasteiger partial charge in [-0.25, -0.2) is 4.68 Å². The number of amides is 2. The predicted octanol–water partition coefficient (Wildman–Crippen LogP) is 2.57. The number of rotatable bonds is 4. The van der Waals surface area contributed by atoms with Gasteiger partial charge >= 0.3 is 0 Å². The smallest absolute Gasteiger partial charge is 0.274 e. The van der Waals surface area contributed by atoms with Crippen molar-refractivity contribution in [2.24, 2.45) is 5.73 Å². The molecular formula is C22H22N4O3. The number of hydrogen-bond donors (Lipinski definition) is 1. The van der Waals surface area contributed by atoms with Crippen LogP contribution in [-0.4, -0.2) is 45.7 Å². The standard InChI is InChI=1S/C22H22N4O3/c1-15-13-25(14-20(29-15)16-8-4-2-5-9-16)22(28)18-12-19(21(23)27)26(24-18)17-10-6-3-7-11-17/h2-12,15,20H,13-14H2,1H3,(H2,23,27)/t15-,20+/m0/s1. The largest absolute Gasteiger partial charge is 0.367 e. The molecule has 3 aromatic rings. The van der Waals surface area contributed by atoms with Crippen molar-refractivity contribution >= 4 is 11.8 Å². The highest BCUT2D eigenvalue weighted by atomic mass is 16.5. The van der Waals surface area contributed by atoms with Crippen LogP contribution in [0.2, 0.25) is 0 Å². The van der Waals surface area contributed by atoms with Gasteiger partial charge in [0.2, 0.25) is 0 Å². The van der Waals surface area contributed by atoms with Crippen molar-refractivity contribution in [2.45, 2.75) is 19.1 Å². The lowest BCUT2D eigenvalue weighted by atomic mass is 10.1. The molecule has 0 spiro atoms. The molecule has 0 saturated carbocycles. The third kappa shape index (κ3) is 3.90. The number of aromatic nitrogens is 2. The zero-order chi connectivity index (χ0) is 20.4. The molecule has 2 heterocycles. The van der Waals surface area contributed by atoms with Gasteiger partial charge in [-0.3, -0.25) is 9.59 Å². The van der Waals surface area contributed by atoms with Crippen LogP contribution >= 0.6 is 0 Å². The number of para-hydroxylation sites is 1. The Hall–Kier alpha value is -3.45. The predicted molar refractivity (Wildman–Crippen MR) is 108 cm³/mol. The molecule has 148 valence electrons. The average molecular weight is 390 g/mol. The van der Waals surface area contributed by atoms with Gasteiger partial charge in [-0.1, -0.05) is 48.5 Å². The number of ether oxygens (including phenoxy) is 1. The lowest BCUT2D eigenvalue weighted by Crippen LogP contribution is -2.46. The van der Waals surface area contributed by atoms with Crippen molar-refractivity contribution in [1.82, 2.24) is 14.7 Å². The molecule has 0 unspecified atom stereocenters. The van der Waals surface area contributed by atoms with Crippen LogP contribution in [0.3, 0.4) is 0 Å². The van der Waals surface area contributed by atoms with Gasteiger partial charge in [0, 0.05) is 12.6 Å². The molecule has 2 N–H and O–H groups in total. The molecule has 2 aromatic carbocycles. The monoisotopic (exact) mass is 390 g/mol. The first kappa shape index (κ1) is 18.9. The maximum Gasteiger partial charge on any atom is 0.274 e. The SMILES string of the molecule is C[C@H]1CN(C(=O)c2cc(C(N)=O)n(-c3ccccc3)n2)C[C@H](c2ccccc2)O1. The van der Waals surface area contributed by atoms with Crippen LogP contribution in [0, 0.1) is 0 Å². The lowest BCUT2D eigenvalue weighted by Gasteiger charge is -2.36. The van der Waals surface area contributed by atoms with E-state index in [-0.39, 0.29) is 29.5 Å². The molecule has 29 heavy (non-hydrogen) atoms. The van der Waals surface area contributed by atoms with Crippen LogP contribution < -0.4 is 5.73 Å². The third-order valence-electron chi connectivity index (χ3n) is 4.90. The van der Waals surface area contributed by atoms with E-state index < -0.39 is 5.91 Å². The molecule has 1 aromatic heterocycles. The van der Waals surface area contributed by atoms with Crippen molar-refractivity contribution in [3.8, 4) is 5.69 Å². The Labute approximate surface area is 168 Å². The van der Waals surface area contributed by atoms with E-state index in [2.05, 4.69) is 5.10 Å². The molecular weight excluding hydrogens is 368 g/mol. The molecule has 2 atom stereocenters. The number of benzene rings is 2. The molecule has 2 amide bonds. The second kappa shape index (κ2) is 7.89. The molecule has 7 heteroatoms. The molecule has 0 bridgehead atoms. The second-order valence-corrected chi connectivity index (χ2v) is 7.08. The lowest BCUT2D eigenvalue weighted by molar-refractivity contribution is -0.0693. The first-order valence-electron chi connectivity index (χ1n) is 9.48. The summed E-state index contributed by atoms with van der Waals surface area (Å²) in [6, 6.07) is 20.4. The highest BCUT2D eigenvalue weighted by Crippen LogP contribution is 2.26. The minimum atomic E-state index is -0.641. The summed E-state index contributed by atoms with van der Waals surface area (Å²) in [5.74, 6) is -0.892. The number of primary amides is 1. The van der Waals surface area contributed by atoms with E-state index in [4.69, 9.17) is 10.5 Å². The summed E-state index contributed by atoms with van der Waals surface area (Å²) in [5.41, 5.74) is 7.55. The Morgan fingerprint density at radius 3 is 2.34 bits per heavy atom. The van der Waals surface area contributed by atoms with Gasteiger partial charge in [-0.15, -0.1) is 0 Å².